The third-order valence-corrected chi connectivity index (χ3v) is 4.59. The van der Waals surface area contributed by atoms with E-state index in [-0.39, 0.29) is 17.6 Å². The first-order valence-electron chi connectivity index (χ1n) is 7.64. The molecule has 2 amide bonds. The molecular formula is C16H23N3O3S. The molecule has 0 bridgehead atoms. The summed E-state index contributed by atoms with van der Waals surface area (Å²) in [5.41, 5.74) is 6.47. The van der Waals surface area contributed by atoms with Crippen molar-refractivity contribution in [1.29, 1.82) is 0 Å². The molecule has 0 spiro atoms. The normalized spacial score (nSPS) is 16.3. The van der Waals surface area contributed by atoms with Crippen molar-refractivity contribution in [1.82, 2.24) is 9.80 Å². The second-order valence-electron chi connectivity index (χ2n) is 5.55. The van der Waals surface area contributed by atoms with Crippen LogP contribution in [0.3, 0.4) is 0 Å². The quantitative estimate of drug-likeness (QED) is 0.828. The van der Waals surface area contributed by atoms with Crippen LogP contribution in [0.5, 0.6) is 5.75 Å². The molecule has 1 saturated heterocycles. The lowest BCUT2D eigenvalue weighted by Crippen LogP contribution is -2.54. The van der Waals surface area contributed by atoms with E-state index in [9.17, 15) is 14.7 Å². The molecule has 1 atom stereocenters. The summed E-state index contributed by atoms with van der Waals surface area (Å²) >= 11 is 1.68. The molecule has 1 fully saturated rings. The maximum Gasteiger partial charge on any atom is 0.253 e. The number of benzene rings is 1. The van der Waals surface area contributed by atoms with Crippen molar-refractivity contribution < 1.29 is 14.7 Å². The Morgan fingerprint density at radius 2 is 1.74 bits per heavy atom. The number of thioether (sulfide) groups is 1. The van der Waals surface area contributed by atoms with Crippen LogP contribution in [0.25, 0.3) is 0 Å². The van der Waals surface area contributed by atoms with Crippen LogP contribution in [-0.2, 0) is 4.79 Å². The van der Waals surface area contributed by atoms with E-state index < -0.39 is 6.04 Å². The van der Waals surface area contributed by atoms with Crippen molar-refractivity contribution in [2.75, 3.05) is 38.2 Å². The van der Waals surface area contributed by atoms with Crippen molar-refractivity contribution >= 4 is 23.6 Å². The van der Waals surface area contributed by atoms with Gasteiger partial charge in [0.1, 0.15) is 5.75 Å². The molecule has 0 aliphatic carbocycles. The number of carbonyl (C=O) groups is 2. The van der Waals surface area contributed by atoms with Gasteiger partial charge in [-0.25, -0.2) is 0 Å². The minimum absolute atomic E-state index is 0.0317. The van der Waals surface area contributed by atoms with Crippen LogP contribution in [-0.4, -0.2) is 71.0 Å². The van der Waals surface area contributed by atoms with Crippen molar-refractivity contribution in [3.05, 3.63) is 29.8 Å². The van der Waals surface area contributed by atoms with Gasteiger partial charge in [-0.05, 0) is 42.7 Å². The number of nitrogens with zero attached hydrogens (tertiary/aromatic N) is 2. The van der Waals surface area contributed by atoms with Crippen molar-refractivity contribution in [2.45, 2.75) is 12.5 Å². The maximum atomic E-state index is 12.4. The molecule has 1 aromatic carbocycles. The van der Waals surface area contributed by atoms with Gasteiger partial charge in [0.25, 0.3) is 5.91 Å². The minimum Gasteiger partial charge on any atom is -0.508 e. The molecule has 1 aliphatic heterocycles. The second-order valence-corrected chi connectivity index (χ2v) is 6.54. The Morgan fingerprint density at radius 1 is 1.17 bits per heavy atom. The highest BCUT2D eigenvalue weighted by molar-refractivity contribution is 7.98. The lowest BCUT2D eigenvalue weighted by atomic mass is 10.1. The van der Waals surface area contributed by atoms with Crippen LogP contribution in [0.4, 0.5) is 0 Å². The average molecular weight is 337 g/mol. The van der Waals surface area contributed by atoms with Gasteiger partial charge in [0.05, 0.1) is 6.04 Å². The third-order valence-electron chi connectivity index (χ3n) is 3.94. The van der Waals surface area contributed by atoms with Gasteiger partial charge in [-0.1, -0.05) is 0 Å². The lowest BCUT2D eigenvalue weighted by Gasteiger charge is -2.36. The van der Waals surface area contributed by atoms with Gasteiger partial charge >= 0.3 is 0 Å². The molecule has 0 unspecified atom stereocenters. The molecular weight excluding hydrogens is 314 g/mol. The summed E-state index contributed by atoms with van der Waals surface area (Å²) < 4.78 is 0. The highest BCUT2D eigenvalue weighted by atomic mass is 32.2. The molecule has 3 N–H and O–H groups in total. The number of hydrogen-bond acceptors (Lipinski definition) is 5. The van der Waals surface area contributed by atoms with Crippen LogP contribution in [0, 0.1) is 0 Å². The van der Waals surface area contributed by atoms with Crippen LogP contribution in [0.2, 0.25) is 0 Å². The molecule has 1 aromatic rings. The topological polar surface area (TPSA) is 86.9 Å². The van der Waals surface area contributed by atoms with Gasteiger partial charge in [0.15, 0.2) is 0 Å². The van der Waals surface area contributed by atoms with Gasteiger partial charge in [-0.2, -0.15) is 11.8 Å². The summed E-state index contributed by atoms with van der Waals surface area (Å²) in [5, 5.41) is 9.28. The standard InChI is InChI=1S/C16H23N3O3S/c1-23-11-6-14(17)16(22)19-9-7-18(8-10-19)15(21)12-2-4-13(20)5-3-12/h2-5,14,20H,6-11,17H2,1H3/t14-/m0/s1. The van der Waals surface area contributed by atoms with E-state index >= 15 is 0 Å². The first-order valence-corrected chi connectivity index (χ1v) is 9.04. The molecule has 2 rings (SSSR count). The number of carbonyl (C=O) groups excluding carboxylic acids is 2. The number of amides is 2. The summed E-state index contributed by atoms with van der Waals surface area (Å²) in [6.45, 7) is 2.02. The van der Waals surface area contributed by atoms with Gasteiger partial charge in [0.2, 0.25) is 5.91 Å². The Labute approximate surface area is 140 Å². The smallest absolute Gasteiger partial charge is 0.253 e. The number of aromatic hydroxyl groups is 1. The van der Waals surface area contributed by atoms with Gasteiger partial charge in [0, 0.05) is 31.7 Å². The number of hydrogen-bond donors (Lipinski definition) is 2. The number of piperazine rings is 1. The zero-order chi connectivity index (χ0) is 16.8. The van der Waals surface area contributed by atoms with E-state index in [2.05, 4.69) is 0 Å². The minimum atomic E-state index is -0.457. The molecule has 7 heteroatoms. The summed E-state index contributed by atoms with van der Waals surface area (Å²) in [6.07, 6.45) is 2.66. The molecule has 1 heterocycles. The van der Waals surface area contributed by atoms with E-state index in [1.54, 1.807) is 33.7 Å². The monoisotopic (exact) mass is 337 g/mol. The Hall–Kier alpha value is -1.73. The van der Waals surface area contributed by atoms with Crippen LogP contribution in [0.15, 0.2) is 24.3 Å². The van der Waals surface area contributed by atoms with E-state index in [1.165, 1.54) is 12.1 Å². The zero-order valence-electron chi connectivity index (χ0n) is 13.3. The zero-order valence-corrected chi connectivity index (χ0v) is 14.1. The number of nitrogens with two attached hydrogens (primary N) is 1. The molecule has 23 heavy (non-hydrogen) atoms. The van der Waals surface area contributed by atoms with Crippen molar-refractivity contribution in [3.8, 4) is 5.75 Å². The van der Waals surface area contributed by atoms with Gasteiger partial charge in [-0.15, -0.1) is 0 Å². The predicted molar refractivity (Wildman–Crippen MR) is 91.6 cm³/mol. The Balaban J connectivity index is 1.87. The van der Waals surface area contributed by atoms with E-state index in [1.807, 2.05) is 6.26 Å². The first kappa shape index (κ1) is 17.6. The number of rotatable bonds is 5. The maximum absolute atomic E-state index is 12.4. The molecule has 6 nitrogen and oxygen atoms in total. The Bertz CT molecular complexity index is 542. The largest absolute Gasteiger partial charge is 0.508 e. The SMILES string of the molecule is CSCC[C@H](N)C(=O)N1CCN(C(=O)c2ccc(O)cc2)CC1. The highest BCUT2D eigenvalue weighted by Crippen LogP contribution is 2.14. The van der Waals surface area contributed by atoms with Crippen molar-refractivity contribution in [2.24, 2.45) is 5.73 Å². The van der Waals surface area contributed by atoms with E-state index in [4.69, 9.17) is 5.73 Å². The van der Waals surface area contributed by atoms with Crippen LogP contribution < -0.4 is 5.73 Å². The van der Waals surface area contributed by atoms with Gasteiger partial charge in [-0.3, -0.25) is 9.59 Å². The fourth-order valence-corrected chi connectivity index (χ4v) is 3.01. The average Bonchev–Trinajstić information content (AvgIpc) is 2.59. The molecule has 0 aromatic heterocycles. The molecule has 0 saturated carbocycles. The number of phenolic OH excluding ortho intramolecular Hbond substituents is 1. The van der Waals surface area contributed by atoms with Gasteiger partial charge < -0.3 is 20.6 Å². The highest BCUT2D eigenvalue weighted by Gasteiger charge is 2.27. The Kier molecular flexibility index (Phi) is 6.29. The van der Waals surface area contributed by atoms with E-state index in [0.29, 0.717) is 38.2 Å². The first-order chi connectivity index (χ1) is 11.0. The van der Waals surface area contributed by atoms with E-state index in [0.717, 1.165) is 5.75 Å². The van der Waals surface area contributed by atoms with Crippen molar-refractivity contribution in [3.63, 3.8) is 0 Å². The lowest BCUT2D eigenvalue weighted by molar-refractivity contribution is -0.134. The number of phenols is 1. The fraction of sp³-hybridized carbons (Fsp3) is 0.500. The predicted octanol–water partition coefficient (Wildman–Crippen LogP) is 0.757. The molecule has 1 aliphatic rings. The molecule has 126 valence electrons. The Morgan fingerprint density at radius 3 is 2.30 bits per heavy atom. The fourth-order valence-electron chi connectivity index (χ4n) is 2.52. The van der Waals surface area contributed by atoms with Crippen LogP contribution >= 0.6 is 11.8 Å². The second kappa shape index (κ2) is 8.21. The summed E-state index contributed by atoms with van der Waals surface area (Å²) in [4.78, 5) is 28.1. The summed E-state index contributed by atoms with van der Waals surface area (Å²) in [7, 11) is 0. The third kappa shape index (κ3) is 4.62. The molecule has 0 radical (unpaired) electrons. The summed E-state index contributed by atoms with van der Waals surface area (Å²) in [6, 6.07) is 5.75. The summed E-state index contributed by atoms with van der Waals surface area (Å²) in [5.74, 6) is 0.891. The van der Waals surface area contributed by atoms with Crippen LogP contribution in [0.1, 0.15) is 16.8 Å².